The Morgan fingerprint density at radius 2 is 1.59 bits per heavy atom. The molecule has 1 amide bonds. The van der Waals surface area contributed by atoms with Gasteiger partial charge in [0.15, 0.2) is 11.6 Å². The summed E-state index contributed by atoms with van der Waals surface area (Å²) in [6.07, 6.45) is 1.48. The first-order valence-electron chi connectivity index (χ1n) is 9.65. The van der Waals surface area contributed by atoms with E-state index in [1.807, 2.05) is 20.8 Å². The van der Waals surface area contributed by atoms with Gasteiger partial charge in [0.05, 0.1) is 17.6 Å². The summed E-state index contributed by atoms with van der Waals surface area (Å²) in [4.78, 5) is 47.7. The molecule has 0 aliphatic heterocycles. The van der Waals surface area contributed by atoms with E-state index < -0.39 is 29.5 Å². The van der Waals surface area contributed by atoms with Crippen LogP contribution in [0.2, 0.25) is 0 Å². The minimum atomic E-state index is -1.05. The van der Waals surface area contributed by atoms with Crippen LogP contribution in [0.1, 0.15) is 72.6 Å². The van der Waals surface area contributed by atoms with Crippen molar-refractivity contribution in [3.63, 3.8) is 0 Å². The molecule has 0 aliphatic rings. The van der Waals surface area contributed by atoms with Gasteiger partial charge in [-0.05, 0) is 32.1 Å². The van der Waals surface area contributed by atoms with Gasteiger partial charge < -0.3 is 16.6 Å². The van der Waals surface area contributed by atoms with Gasteiger partial charge in [-0.3, -0.25) is 24.5 Å². The van der Waals surface area contributed by atoms with E-state index in [4.69, 9.17) is 16.6 Å². The predicted octanol–water partition coefficient (Wildman–Crippen LogP) is 1.15. The molecule has 0 rings (SSSR count). The van der Waals surface area contributed by atoms with Crippen molar-refractivity contribution >= 4 is 23.4 Å². The van der Waals surface area contributed by atoms with E-state index in [0.29, 0.717) is 19.3 Å². The minimum absolute atomic E-state index is 0.00462. The van der Waals surface area contributed by atoms with Crippen LogP contribution in [-0.4, -0.2) is 46.2 Å². The van der Waals surface area contributed by atoms with E-state index in [1.54, 1.807) is 6.92 Å². The van der Waals surface area contributed by atoms with E-state index in [1.165, 1.54) is 0 Å². The number of hydrogen-bond donors (Lipinski definition) is 4. The molecule has 0 fully saturated rings. The molecule has 3 atom stereocenters. The summed E-state index contributed by atoms with van der Waals surface area (Å²) >= 11 is 0. The SMILES string of the molecule is CCC(C)C(=O)C(CCC(=O)O)NC(CC)(CC)C(=O)C(N)CCC(N)=O. The second-order valence-electron chi connectivity index (χ2n) is 7.11. The van der Waals surface area contributed by atoms with Crippen LogP contribution in [0.15, 0.2) is 0 Å². The second kappa shape index (κ2) is 11.8. The van der Waals surface area contributed by atoms with Gasteiger partial charge in [0, 0.05) is 18.8 Å². The van der Waals surface area contributed by atoms with Gasteiger partial charge in [0.1, 0.15) is 0 Å². The van der Waals surface area contributed by atoms with Crippen molar-refractivity contribution < 1.29 is 24.3 Å². The third-order valence-electron chi connectivity index (χ3n) is 5.26. The Morgan fingerprint density at radius 1 is 1.04 bits per heavy atom. The molecule has 0 aromatic carbocycles. The number of carboxylic acids is 1. The van der Waals surface area contributed by atoms with Crippen LogP contribution in [0, 0.1) is 5.92 Å². The van der Waals surface area contributed by atoms with Crippen molar-refractivity contribution in [3.8, 4) is 0 Å². The van der Waals surface area contributed by atoms with Crippen molar-refractivity contribution in [3.05, 3.63) is 0 Å². The molecule has 0 bridgehead atoms. The highest BCUT2D eigenvalue weighted by Gasteiger charge is 2.41. The minimum Gasteiger partial charge on any atom is -0.481 e. The van der Waals surface area contributed by atoms with Gasteiger partial charge in [-0.2, -0.15) is 0 Å². The lowest BCUT2D eigenvalue weighted by Gasteiger charge is -2.37. The third-order valence-corrected chi connectivity index (χ3v) is 5.26. The Hall–Kier alpha value is -1.80. The normalized spacial score (nSPS) is 15.0. The molecule has 0 radical (unpaired) electrons. The number of nitrogens with one attached hydrogen (secondary N) is 1. The van der Waals surface area contributed by atoms with Crippen molar-refractivity contribution in [2.24, 2.45) is 17.4 Å². The van der Waals surface area contributed by atoms with E-state index in [-0.39, 0.29) is 43.2 Å². The van der Waals surface area contributed by atoms with Gasteiger partial charge >= 0.3 is 5.97 Å². The van der Waals surface area contributed by atoms with Crippen LogP contribution in [0.25, 0.3) is 0 Å². The number of Topliss-reactive ketones (excluding diaryl/α,β-unsaturated/α-hetero) is 2. The highest BCUT2D eigenvalue weighted by molar-refractivity contribution is 5.94. The Morgan fingerprint density at radius 3 is 2.00 bits per heavy atom. The summed E-state index contributed by atoms with van der Waals surface area (Å²) in [6, 6.07) is -1.63. The van der Waals surface area contributed by atoms with Gasteiger partial charge in [-0.1, -0.05) is 27.7 Å². The molecule has 0 saturated carbocycles. The van der Waals surface area contributed by atoms with Crippen molar-refractivity contribution in [1.82, 2.24) is 5.32 Å². The van der Waals surface area contributed by atoms with Gasteiger partial charge in [-0.25, -0.2) is 0 Å². The maximum Gasteiger partial charge on any atom is 0.303 e. The number of carbonyl (C=O) groups is 4. The average molecular weight is 386 g/mol. The second-order valence-corrected chi connectivity index (χ2v) is 7.11. The number of aliphatic carboxylic acids is 1. The summed E-state index contributed by atoms with van der Waals surface area (Å²) in [5.74, 6) is -2.17. The Labute approximate surface area is 161 Å². The zero-order chi connectivity index (χ0) is 21.2. The van der Waals surface area contributed by atoms with Crippen molar-refractivity contribution in [2.45, 2.75) is 90.3 Å². The Balaban J connectivity index is 5.56. The van der Waals surface area contributed by atoms with E-state index >= 15 is 0 Å². The number of hydrogen-bond acceptors (Lipinski definition) is 6. The lowest BCUT2D eigenvalue weighted by atomic mass is 9.81. The molecule has 0 aromatic heterocycles. The van der Waals surface area contributed by atoms with Crippen LogP contribution in [0.4, 0.5) is 0 Å². The van der Waals surface area contributed by atoms with Crippen molar-refractivity contribution in [2.75, 3.05) is 0 Å². The Kier molecular flexibility index (Phi) is 11.0. The van der Waals surface area contributed by atoms with Crippen LogP contribution < -0.4 is 16.8 Å². The summed E-state index contributed by atoms with van der Waals surface area (Å²) < 4.78 is 0. The fourth-order valence-electron chi connectivity index (χ4n) is 3.09. The molecule has 27 heavy (non-hydrogen) atoms. The monoisotopic (exact) mass is 385 g/mol. The molecule has 0 aliphatic carbocycles. The molecule has 0 aromatic rings. The molecule has 6 N–H and O–H groups in total. The average Bonchev–Trinajstić information content (AvgIpc) is 2.64. The first kappa shape index (κ1) is 25.2. The molecule has 8 nitrogen and oxygen atoms in total. The maximum atomic E-state index is 13.0. The van der Waals surface area contributed by atoms with Crippen molar-refractivity contribution in [1.29, 1.82) is 0 Å². The van der Waals surface area contributed by atoms with Crippen LogP contribution >= 0.6 is 0 Å². The summed E-state index contributed by atoms with van der Waals surface area (Å²) in [5, 5.41) is 12.1. The first-order chi connectivity index (χ1) is 12.5. The molecule has 8 heteroatoms. The molecule has 156 valence electrons. The lowest BCUT2D eigenvalue weighted by Crippen LogP contribution is -2.61. The number of carbonyl (C=O) groups excluding carboxylic acids is 3. The maximum absolute atomic E-state index is 13.0. The summed E-state index contributed by atoms with van der Waals surface area (Å²) in [6.45, 7) is 7.31. The van der Waals surface area contributed by atoms with E-state index in [0.717, 1.165) is 0 Å². The number of rotatable bonds is 15. The molecule has 0 heterocycles. The van der Waals surface area contributed by atoms with Gasteiger partial charge in [-0.15, -0.1) is 0 Å². The van der Waals surface area contributed by atoms with Crippen LogP contribution in [0.5, 0.6) is 0 Å². The molecule has 0 spiro atoms. The van der Waals surface area contributed by atoms with E-state index in [2.05, 4.69) is 5.32 Å². The van der Waals surface area contributed by atoms with Crippen LogP contribution in [-0.2, 0) is 19.2 Å². The quantitative estimate of drug-likeness (QED) is 0.330. The number of nitrogens with two attached hydrogens (primary N) is 2. The van der Waals surface area contributed by atoms with Crippen LogP contribution in [0.3, 0.4) is 0 Å². The first-order valence-corrected chi connectivity index (χ1v) is 9.65. The molecule has 0 saturated heterocycles. The number of ketones is 2. The summed E-state index contributed by atoms with van der Waals surface area (Å²) in [7, 11) is 0. The Bertz CT molecular complexity index is 531. The smallest absolute Gasteiger partial charge is 0.303 e. The fraction of sp³-hybridized carbons (Fsp3) is 0.789. The molecular formula is C19H35N3O5. The van der Waals surface area contributed by atoms with Gasteiger partial charge in [0.2, 0.25) is 5.91 Å². The standard InChI is InChI=1S/C19H35N3O5/c1-5-12(4)17(26)14(9-11-16(24)25)22-19(6-2,7-3)18(27)13(20)8-10-15(21)23/h12-14,22H,5-11,20H2,1-4H3,(H2,21,23)(H,24,25). The molecule has 3 unspecified atom stereocenters. The zero-order valence-electron chi connectivity index (χ0n) is 16.9. The highest BCUT2D eigenvalue weighted by Crippen LogP contribution is 2.23. The number of primary amides is 1. The zero-order valence-corrected chi connectivity index (χ0v) is 16.9. The van der Waals surface area contributed by atoms with Gasteiger partial charge in [0.25, 0.3) is 0 Å². The number of carboxylic acid groups (broad SMARTS) is 1. The van der Waals surface area contributed by atoms with E-state index in [9.17, 15) is 19.2 Å². The molecular weight excluding hydrogens is 350 g/mol. The highest BCUT2D eigenvalue weighted by atomic mass is 16.4. The third kappa shape index (κ3) is 7.76. The fourth-order valence-corrected chi connectivity index (χ4v) is 3.09. The number of amides is 1. The predicted molar refractivity (Wildman–Crippen MR) is 103 cm³/mol. The largest absolute Gasteiger partial charge is 0.481 e. The lowest BCUT2D eigenvalue weighted by molar-refractivity contribution is -0.137. The summed E-state index contributed by atoms with van der Waals surface area (Å²) in [5.41, 5.74) is 10.1. The topological polar surface area (TPSA) is 153 Å².